The summed E-state index contributed by atoms with van der Waals surface area (Å²) in [5.74, 6) is 2.99. The lowest BCUT2D eigenvalue weighted by atomic mass is 9.62. The first-order valence-electron chi connectivity index (χ1n) is 17.4. The van der Waals surface area contributed by atoms with E-state index in [4.69, 9.17) is 24.1 Å². The highest BCUT2D eigenvalue weighted by atomic mass is 16.5. The Bertz CT molecular complexity index is 2840. The number of para-hydroxylation sites is 2. The van der Waals surface area contributed by atoms with E-state index in [0.717, 1.165) is 72.4 Å². The van der Waals surface area contributed by atoms with Crippen molar-refractivity contribution < 1.29 is 9.15 Å². The van der Waals surface area contributed by atoms with Gasteiger partial charge < -0.3 is 9.15 Å². The summed E-state index contributed by atoms with van der Waals surface area (Å²) in [4.78, 5) is 15.5. The second-order valence-corrected chi connectivity index (χ2v) is 13.1. The quantitative estimate of drug-likeness (QED) is 0.180. The van der Waals surface area contributed by atoms with E-state index >= 15 is 0 Å². The molecule has 1 aliphatic heterocycles. The van der Waals surface area contributed by atoms with E-state index in [9.17, 15) is 5.26 Å². The number of furan rings is 1. The first-order chi connectivity index (χ1) is 26.2. The number of rotatable bonds is 5. The van der Waals surface area contributed by atoms with Crippen LogP contribution >= 0.6 is 0 Å². The molecule has 6 heteroatoms. The van der Waals surface area contributed by atoms with Gasteiger partial charge in [-0.3, -0.25) is 0 Å². The summed E-state index contributed by atoms with van der Waals surface area (Å²) in [6.07, 6.45) is 0. The zero-order valence-corrected chi connectivity index (χ0v) is 28.3. The Morgan fingerprint density at radius 1 is 0.491 bits per heavy atom. The molecule has 248 valence electrons. The van der Waals surface area contributed by atoms with Gasteiger partial charge in [0, 0.05) is 38.6 Å². The molecule has 7 aromatic carbocycles. The van der Waals surface area contributed by atoms with Crippen molar-refractivity contribution in [3.63, 3.8) is 0 Å². The fourth-order valence-electron chi connectivity index (χ4n) is 7.76. The van der Waals surface area contributed by atoms with Crippen LogP contribution in [0, 0.1) is 11.3 Å². The molecule has 0 bridgehead atoms. The number of fused-ring (bicyclic) bond motifs is 5. The van der Waals surface area contributed by atoms with Crippen LogP contribution in [-0.4, -0.2) is 15.0 Å². The molecular weight excluding hydrogens is 653 g/mol. The minimum Gasteiger partial charge on any atom is -0.457 e. The Hall–Kier alpha value is -7.36. The standard InChI is InChI=1S/C47H28N4O2/c48-29-30-22-24-31(25-23-30)44-49-45(32-26-27-36-35-16-7-9-19-39(35)52-42(36)28-32)51-46(50-44)37-17-11-21-41-43(37)47(33-12-3-1-4-13-33,34-14-5-2-6-15-34)38-18-8-10-20-40(38)53-41/h1-28H. The number of benzene rings is 7. The third-order valence-corrected chi connectivity index (χ3v) is 10.1. The molecule has 1 aliphatic rings. The third kappa shape index (κ3) is 4.83. The molecule has 0 amide bonds. The second kappa shape index (κ2) is 12.2. The zero-order valence-electron chi connectivity index (χ0n) is 28.3. The average molecular weight is 681 g/mol. The SMILES string of the molecule is N#Cc1ccc(-c2nc(-c3ccc4c(c3)oc3ccccc34)nc(-c3cccc4c3C(c3ccccc3)(c3ccccc3)c3ccccc3O4)n2)cc1. The number of ether oxygens (including phenoxy) is 1. The van der Waals surface area contributed by atoms with E-state index in [-0.39, 0.29) is 0 Å². The molecule has 0 saturated heterocycles. The van der Waals surface area contributed by atoms with Crippen molar-refractivity contribution in [3.8, 4) is 51.7 Å². The van der Waals surface area contributed by atoms with E-state index in [1.807, 2.05) is 78.9 Å². The van der Waals surface area contributed by atoms with E-state index in [0.29, 0.717) is 23.0 Å². The maximum Gasteiger partial charge on any atom is 0.164 e. The average Bonchev–Trinajstić information content (AvgIpc) is 3.61. The van der Waals surface area contributed by atoms with Crippen molar-refractivity contribution in [2.75, 3.05) is 0 Å². The molecule has 3 heterocycles. The van der Waals surface area contributed by atoms with Gasteiger partial charge in [-0.05, 0) is 65.7 Å². The molecule has 0 spiro atoms. The predicted molar refractivity (Wildman–Crippen MR) is 207 cm³/mol. The Balaban J connectivity index is 1.27. The fraction of sp³-hybridized carbons (Fsp3) is 0.0213. The molecule has 53 heavy (non-hydrogen) atoms. The first kappa shape index (κ1) is 30.5. The molecule has 2 aromatic heterocycles. The van der Waals surface area contributed by atoms with E-state index in [2.05, 4.69) is 84.9 Å². The molecule has 0 aliphatic carbocycles. The summed E-state index contributed by atoms with van der Waals surface area (Å²) in [5.41, 5.74) is 7.86. The monoisotopic (exact) mass is 680 g/mol. The van der Waals surface area contributed by atoms with Crippen molar-refractivity contribution in [1.29, 1.82) is 5.26 Å². The first-order valence-corrected chi connectivity index (χ1v) is 17.4. The van der Waals surface area contributed by atoms with Crippen molar-refractivity contribution in [2.45, 2.75) is 5.41 Å². The van der Waals surface area contributed by atoms with E-state index in [1.54, 1.807) is 12.1 Å². The molecule has 0 unspecified atom stereocenters. The van der Waals surface area contributed by atoms with Crippen LogP contribution in [0.4, 0.5) is 0 Å². The zero-order chi connectivity index (χ0) is 35.4. The predicted octanol–water partition coefficient (Wildman–Crippen LogP) is 11.1. The summed E-state index contributed by atoms with van der Waals surface area (Å²) in [5, 5.41) is 11.6. The third-order valence-electron chi connectivity index (χ3n) is 10.1. The number of hydrogen-bond donors (Lipinski definition) is 0. The van der Waals surface area contributed by atoms with Crippen molar-refractivity contribution >= 4 is 21.9 Å². The van der Waals surface area contributed by atoms with Gasteiger partial charge >= 0.3 is 0 Å². The highest BCUT2D eigenvalue weighted by Crippen LogP contribution is 2.57. The summed E-state index contributed by atoms with van der Waals surface area (Å²) in [6, 6.07) is 59.1. The van der Waals surface area contributed by atoms with Crippen LogP contribution in [0.25, 0.3) is 56.1 Å². The molecular formula is C47H28N4O2. The van der Waals surface area contributed by atoms with Gasteiger partial charge in [0.25, 0.3) is 0 Å². The lowest BCUT2D eigenvalue weighted by Crippen LogP contribution is -2.35. The van der Waals surface area contributed by atoms with Gasteiger partial charge in [0.15, 0.2) is 17.5 Å². The van der Waals surface area contributed by atoms with E-state index in [1.165, 1.54) is 0 Å². The van der Waals surface area contributed by atoms with Crippen LogP contribution in [0.5, 0.6) is 11.5 Å². The summed E-state index contributed by atoms with van der Waals surface area (Å²) >= 11 is 0. The van der Waals surface area contributed by atoms with Crippen molar-refractivity contribution in [3.05, 3.63) is 198 Å². The largest absolute Gasteiger partial charge is 0.457 e. The smallest absolute Gasteiger partial charge is 0.164 e. The topological polar surface area (TPSA) is 84.8 Å². The van der Waals surface area contributed by atoms with Gasteiger partial charge in [-0.25, -0.2) is 15.0 Å². The van der Waals surface area contributed by atoms with Crippen LogP contribution in [0.3, 0.4) is 0 Å². The second-order valence-electron chi connectivity index (χ2n) is 13.1. The van der Waals surface area contributed by atoms with Crippen LogP contribution < -0.4 is 4.74 Å². The number of nitrogens with zero attached hydrogens (tertiary/aromatic N) is 4. The van der Waals surface area contributed by atoms with Gasteiger partial charge in [0.2, 0.25) is 0 Å². The van der Waals surface area contributed by atoms with Gasteiger partial charge in [-0.2, -0.15) is 5.26 Å². The van der Waals surface area contributed by atoms with Crippen LogP contribution in [0.15, 0.2) is 174 Å². The summed E-state index contributed by atoms with van der Waals surface area (Å²) in [7, 11) is 0. The van der Waals surface area contributed by atoms with Crippen LogP contribution in [0.1, 0.15) is 27.8 Å². The molecule has 0 saturated carbocycles. The van der Waals surface area contributed by atoms with Gasteiger partial charge in [-0.1, -0.05) is 115 Å². The molecule has 0 atom stereocenters. The number of aromatic nitrogens is 3. The van der Waals surface area contributed by atoms with Gasteiger partial charge in [-0.15, -0.1) is 0 Å². The Morgan fingerprint density at radius 3 is 1.85 bits per heavy atom. The van der Waals surface area contributed by atoms with Crippen molar-refractivity contribution in [1.82, 2.24) is 15.0 Å². The Labute approximate surface area is 305 Å². The van der Waals surface area contributed by atoms with Crippen LogP contribution in [-0.2, 0) is 5.41 Å². The highest BCUT2D eigenvalue weighted by molar-refractivity contribution is 6.05. The molecule has 10 rings (SSSR count). The van der Waals surface area contributed by atoms with Crippen molar-refractivity contribution in [2.24, 2.45) is 0 Å². The lowest BCUT2D eigenvalue weighted by molar-refractivity contribution is 0.435. The Morgan fingerprint density at radius 2 is 1.09 bits per heavy atom. The normalized spacial score (nSPS) is 12.8. The maximum absolute atomic E-state index is 9.53. The number of hydrogen-bond acceptors (Lipinski definition) is 6. The maximum atomic E-state index is 9.53. The molecule has 0 fully saturated rings. The molecule has 0 N–H and O–H groups in total. The number of nitriles is 1. The molecule has 9 aromatic rings. The highest BCUT2D eigenvalue weighted by Gasteiger charge is 2.47. The molecule has 6 nitrogen and oxygen atoms in total. The van der Waals surface area contributed by atoms with Gasteiger partial charge in [0.1, 0.15) is 22.7 Å². The van der Waals surface area contributed by atoms with Gasteiger partial charge in [0.05, 0.1) is 17.0 Å². The minimum absolute atomic E-state index is 0.485. The van der Waals surface area contributed by atoms with E-state index < -0.39 is 5.41 Å². The molecule has 0 radical (unpaired) electrons. The fourth-order valence-corrected chi connectivity index (χ4v) is 7.76. The summed E-state index contributed by atoms with van der Waals surface area (Å²) in [6.45, 7) is 0. The van der Waals surface area contributed by atoms with Crippen LogP contribution in [0.2, 0.25) is 0 Å². The Kier molecular flexibility index (Phi) is 6.98. The minimum atomic E-state index is -0.780. The summed E-state index contributed by atoms with van der Waals surface area (Å²) < 4.78 is 13.0. The lowest BCUT2D eigenvalue weighted by Gasteiger charge is -2.42.